The standard InChI is InChI=1S/C19H14N6O2S/c26-18(15-7-1-2-8-16(15)25-12-20-23-24-25)21-13-5-3-6-14(11-13)22-19(27)17-9-4-10-28-17/h1-12H,(H,21,26)(H,22,27). The van der Waals surface area contributed by atoms with Gasteiger partial charge in [-0.3, -0.25) is 9.59 Å². The topological polar surface area (TPSA) is 102 Å². The second kappa shape index (κ2) is 7.80. The van der Waals surface area contributed by atoms with Gasteiger partial charge in [-0.2, -0.15) is 4.68 Å². The highest BCUT2D eigenvalue weighted by atomic mass is 32.1. The molecule has 9 heteroatoms. The van der Waals surface area contributed by atoms with Crippen LogP contribution in [0, 0.1) is 0 Å². The molecule has 8 nitrogen and oxygen atoms in total. The number of carbonyl (C=O) groups excluding carboxylic acids is 2. The number of aromatic nitrogens is 4. The molecule has 0 spiro atoms. The lowest BCUT2D eigenvalue weighted by molar-refractivity contribution is 0.102. The average Bonchev–Trinajstić information content (AvgIpc) is 3.42. The van der Waals surface area contributed by atoms with E-state index in [2.05, 4.69) is 26.2 Å². The minimum absolute atomic E-state index is 0.192. The Morgan fingerprint density at radius 2 is 1.68 bits per heavy atom. The SMILES string of the molecule is O=C(Nc1cccc(NC(=O)c2ccccc2-n2cnnn2)c1)c1cccs1. The van der Waals surface area contributed by atoms with Gasteiger partial charge in [0.15, 0.2) is 0 Å². The van der Waals surface area contributed by atoms with E-state index in [1.807, 2.05) is 11.4 Å². The molecule has 0 atom stereocenters. The lowest BCUT2D eigenvalue weighted by atomic mass is 10.1. The van der Waals surface area contributed by atoms with Gasteiger partial charge in [-0.25, -0.2) is 0 Å². The van der Waals surface area contributed by atoms with E-state index in [0.29, 0.717) is 27.5 Å². The predicted octanol–water partition coefficient (Wildman–Crippen LogP) is 3.23. The highest BCUT2D eigenvalue weighted by molar-refractivity contribution is 7.12. The van der Waals surface area contributed by atoms with Crippen molar-refractivity contribution in [1.82, 2.24) is 20.2 Å². The Labute approximate surface area is 163 Å². The summed E-state index contributed by atoms with van der Waals surface area (Å²) in [5.74, 6) is -0.504. The Morgan fingerprint density at radius 1 is 0.893 bits per heavy atom. The molecule has 0 fully saturated rings. The summed E-state index contributed by atoms with van der Waals surface area (Å²) in [6, 6.07) is 17.5. The van der Waals surface area contributed by atoms with Gasteiger partial charge in [-0.05, 0) is 52.2 Å². The van der Waals surface area contributed by atoms with E-state index >= 15 is 0 Å². The van der Waals surface area contributed by atoms with Gasteiger partial charge in [0.2, 0.25) is 0 Å². The Morgan fingerprint density at radius 3 is 2.39 bits per heavy atom. The summed E-state index contributed by atoms with van der Waals surface area (Å²) in [6.45, 7) is 0. The number of carbonyl (C=O) groups is 2. The molecular weight excluding hydrogens is 376 g/mol. The summed E-state index contributed by atoms with van der Waals surface area (Å²) in [5.41, 5.74) is 2.13. The van der Waals surface area contributed by atoms with Crippen molar-refractivity contribution in [3.05, 3.63) is 82.8 Å². The van der Waals surface area contributed by atoms with Crippen molar-refractivity contribution in [2.45, 2.75) is 0 Å². The van der Waals surface area contributed by atoms with Gasteiger partial charge < -0.3 is 10.6 Å². The van der Waals surface area contributed by atoms with Gasteiger partial charge in [0.1, 0.15) is 6.33 Å². The fourth-order valence-corrected chi connectivity index (χ4v) is 3.23. The molecule has 2 heterocycles. The Bertz CT molecular complexity index is 1110. The van der Waals surface area contributed by atoms with Crippen molar-refractivity contribution in [2.75, 3.05) is 10.6 Å². The molecule has 0 aliphatic heterocycles. The zero-order valence-electron chi connectivity index (χ0n) is 14.4. The first-order valence-corrected chi connectivity index (χ1v) is 9.17. The van der Waals surface area contributed by atoms with Crippen LogP contribution in [0.25, 0.3) is 5.69 Å². The minimum Gasteiger partial charge on any atom is -0.322 e. The van der Waals surface area contributed by atoms with E-state index in [1.165, 1.54) is 22.3 Å². The number of nitrogens with zero attached hydrogens (tertiary/aromatic N) is 4. The Hall–Kier alpha value is -3.85. The molecule has 0 saturated heterocycles. The molecule has 2 aromatic carbocycles. The third kappa shape index (κ3) is 3.79. The summed E-state index contributed by atoms with van der Waals surface area (Å²) < 4.78 is 1.42. The Kier molecular flexibility index (Phi) is 4.89. The molecule has 138 valence electrons. The maximum atomic E-state index is 12.8. The van der Waals surface area contributed by atoms with E-state index in [0.717, 1.165) is 0 Å². The highest BCUT2D eigenvalue weighted by Gasteiger charge is 2.14. The summed E-state index contributed by atoms with van der Waals surface area (Å²) >= 11 is 1.36. The predicted molar refractivity (Wildman–Crippen MR) is 106 cm³/mol. The normalized spacial score (nSPS) is 10.4. The first-order valence-electron chi connectivity index (χ1n) is 8.29. The first-order chi connectivity index (χ1) is 13.7. The highest BCUT2D eigenvalue weighted by Crippen LogP contribution is 2.20. The van der Waals surface area contributed by atoms with Crippen LogP contribution in [-0.2, 0) is 0 Å². The monoisotopic (exact) mass is 390 g/mol. The van der Waals surface area contributed by atoms with Crippen LogP contribution in [0.5, 0.6) is 0 Å². The van der Waals surface area contributed by atoms with Crippen LogP contribution in [0.2, 0.25) is 0 Å². The van der Waals surface area contributed by atoms with Crippen LogP contribution in [0.15, 0.2) is 72.4 Å². The van der Waals surface area contributed by atoms with E-state index < -0.39 is 0 Å². The van der Waals surface area contributed by atoms with E-state index in [9.17, 15) is 9.59 Å². The largest absolute Gasteiger partial charge is 0.322 e. The lowest BCUT2D eigenvalue weighted by Crippen LogP contribution is -2.16. The molecule has 2 N–H and O–H groups in total. The molecule has 28 heavy (non-hydrogen) atoms. The van der Waals surface area contributed by atoms with Crippen molar-refractivity contribution < 1.29 is 9.59 Å². The molecule has 0 aliphatic carbocycles. The number of amides is 2. The zero-order chi connectivity index (χ0) is 19.3. The number of tetrazole rings is 1. The fraction of sp³-hybridized carbons (Fsp3) is 0. The molecule has 0 aliphatic rings. The number of rotatable bonds is 5. The second-order valence-electron chi connectivity index (χ2n) is 5.74. The molecule has 2 aromatic heterocycles. The summed E-state index contributed by atoms with van der Waals surface area (Å²) in [4.78, 5) is 25.6. The fourth-order valence-electron chi connectivity index (χ4n) is 2.61. The molecule has 4 aromatic rings. The van der Waals surface area contributed by atoms with E-state index in [4.69, 9.17) is 0 Å². The van der Waals surface area contributed by atoms with Crippen LogP contribution in [-0.4, -0.2) is 32.0 Å². The molecule has 4 rings (SSSR count). The second-order valence-corrected chi connectivity index (χ2v) is 6.69. The quantitative estimate of drug-likeness (QED) is 0.545. The number of thiophene rings is 1. The number of hydrogen-bond donors (Lipinski definition) is 2. The smallest absolute Gasteiger partial charge is 0.265 e. The third-order valence-electron chi connectivity index (χ3n) is 3.87. The third-order valence-corrected chi connectivity index (χ3v) is 4.74. The van der Waals surface area contributed by atoms with Crippen LogP contribution in [0.4, 0.5) is 11.4 Å². The van der Waals surface area contributed by atoms with Gasteiger partial charge in [0, 0.05) is 11.4 Å². The first kappa shape index (κ1) is 17.6. The summed E-state index contributed by atoms with van der Waals surface area (Å²) in [7, 11) is 0. The average molecular weight is 390 g/mol. The van der Waals surface area contributed by atoms with Gasteiger partial charge in [0.05, 0.1) is 16.1 Å². The van der Waals surface area contributed by atoms with Gasteiger partial charge in [-0.1, -0.05) is 24.3 Å². The molecule has 0 saturated carbocycles. The van der Waals surface area contributed by atoms with Crippen LogP contribution in [0.3, 0.4) is 0 Å². The van der Waals surface area contributed by atoms with E-state index in [1.54, 1.807) is 54.6 Å². The Balaban J connectivity index is 1.52. The number of hydrogen-bond acceptors (Lipinski definition) is 6. The van der Waals surface area contributed by atoms with Crippen LogP contribution < -0.4 is 10.6 Å². The zero-order valence-corrected chi connectivity index (χ0v) is 15.3. The summed E-state index contributed by atoms with van der Waals surface area (Å²) in [6.07, 6.45) is 1.42. The van der Waals surface area contributed by atoms with Crippen molar-refractivity contribution in [3.8, 4) is 5.69 Å². The summed E-state index contributed by atoms with van der Waals surface area (Å²) in [5, 5.41) is 18.5. The number of benzene rings is 2. The van der Waals surface area contributed by atoms with Crippen molar-refractivity contribution in [1.29, 1.82) is 0 Å². The van der Waals surface area contributed by atoms with Crippen molar-refractivity contribution >= 4 is 34.5 Å². The molecule has 0 radical (unpaired) electrons. The van der Waals surface area contributed by atoms with Crippen LogP contribution >= 0.6 is 11.3 Å². The van der Waals surface area contributed by atoms with Gasteiger partial charge in [-0.15, -0.1) is 16.4 Å². The lowest BCUT2D eigenvalue weighted by Gasteiger charge is -2.11. The van der Waals surface area contributed by atoms with Gasteiger partial charge in [0.25, 0.3) is 11.8 Å². The van der Waals surface area contributed by atoms with Crippen molar-refractivity contribution in [2.24, 2.45) is 0 Å². The molecular formula is C19H14N6O2S. The van der Waals surface area contributed by atoms with Crippen molar-refractivity contribution in [3.63, 3.8) is 0 Å². The molecule has 0 bridgehead atoms. The minimum atomic E-state index is -0.312. The van der Waals surface area contributed by atoms with E-state index in [-0.39, 0.29) is 11.8 Å². The number of nitrogens with one attached hydrogen (secondary N) is 2. The maximum Gasteiger partial charge on any atom is 0.265 e. The maximum absolute atomic E-state index is 12.8. The van der Waals surface area contributed by atoms with Gasteiger partial charge >= 0.3 is 0 Å². The molecule has 0 unspecified atom stereocenters. The van der Waals surface area contributed by atoms with Crippen LogP contribution in [0.1, 0.15) is 20.0 Å². The number of para-hydroxylation sites is 1. The molecule has 2 amide bonds. The number of anilines is 2.